The van der Waals surface area contributed by atoms with E-state index >= 15 is 0 Å². The Morgan fingerprint density at radius 3 is 2.84 bits per heavy atom. The molecule has 5 heteroatoms. The number of rotatable bonds is 2. The Morgan fingerprint density at radius 2 is 2.11 bits per heavy atom. The maximum atomic E-state index is 11.3. The molecule has 0 amide bonds. The molecule has 0 unspecified atom stereocenters. The van der Waals surface area contributed by atoms with E-state index in [2.05, 4.69) is 25.8 Å². The zero-order valence-corrected chi connectivity index (χ0v) is 11.9. The fourth-order valence-electron chi connectivity index (χ4n) is 2.39. The standard InChI is InChI=1S/C14H13BrN2O2/c15-11-1-2-13-12(7-11)14(10(9-18)8-16-13)17-3-5-19-6-4-17/h1-2,7-9H,3-6H2. The fraction of sp³-hybridized carbons (Fsp3) is 0.286. The predicted octanol–water partition coefficient (Wildman–Crippen LogP) is 2.65. The Bertz CT molecular complexity index is 624. The molecular formula is C14H13BrN2O2. The molecule has 19 heavy (non-hydrogen) atoms. The number of ether oxygens (including phenoxy) is 1. The van der Waals surface area contributed by atoms with Crippen molar-refractivity contribution in [2.45, 2.75) is 0 Å². The molecule has 0 spiro atoms. The zero-order chi connectivity index (χ0) is 13.2. The monoisotopic (exact) mass is 320 g/mol. The molecule has 1 aliphatic heterocycles. The highest BCUT2D eigenvalue weighted by atomic mass is 79.9. The van der Waals surface area contributed by atoms with Gasteiger partial charge in [0.2, 0.25) is 0 Å². The van der Waals surface area contributed by atoms with E-state index in [9.17, 15) is 4.79 Å². The molecule has 0 saturated carbocycles. The van der Waals surface area contributed by atoms with Crippen LogP contribution < -0.4 is 4.90 Å². The summed E-state index contributed by atoms with van der Waals surface area (Å²) in [6.07, 6.45) is 2.52. The molecule has 1 aromatic heterocycles. The molecule has 98 valence electrons. The van der Waals surface area contributed by atoms with Crippen molar-refractivity contribution in [1.82, 2.24) is 4.98 Å². The number of hydrogen-bond donors (Lipinski definition) is 0. The Kier molecular flexibility index (Phi) is 3.48. The molecule has 0 radical (unpaired) electrons. The van der Waals surface area contributed by atoms with Gasteiger partial charge >= 0.3 is 0 Å². The first-order valence-corrected chi connectivity index (χ1v) is 6.95. The van der Waals surface area contributed by atoms with Crippen LogP contribution in [0.2, 0.25) is 0 Å². The van der Waals surface area contributed by atoms with E-state index in [1.165, 1.54) is 0 Å². The molecule has 3 rings (SSSR count). The van der Waals surface area contributed by atoms with E-state index in [0.29, 0.717) is 18.8 Å². The number of aromatic nitrogens is 1. The molecule has 1 saturated heterocycles. The molecule has 0 aliphatic carbocycles. The lowest BCUT2D eigenvalue weighted by Gasteiger charge is -2.30. The summed E-state index contributed by atoms with van der Waals surface area (Å²) in [5.74, 6) is 0. The number of nitrogens with zero attached hydrogens (tertiary/aromatic N) is 2. The Morgan fingerprint density at radius 1 is 1.32 bits per heavy atom. The van der Waals surface area contributed by atoms with E-state index < -0.39 is 0 Å². The van der Waals surface area contributed by atoms with Crippen LogP contribution in [-0.4, -0.2) is 37.6 Å². The second-order valence-electron chi connectivity index (χ2n) is 4.44. The molecule has 1 aromatic carbocycles. The van der Waals surface area contributed by atoms with E-state index in [0.717, 1.165) is 40.4 Å². The Labute approximate surface area is 119 Å². The van der Waals surface area contributed by atoms with Crippen molar-refractivity contribution in [2.24, 2.45) is 0 Å². The molecule has 0 atom stereocenters. The first-order valence-electron chi connectivity index (χ1n) is 6.16. The largest absolute Gasteiger partial charge is 0.378 e. The van der Waals surface area contributed by atoms with Crippen molar-refractivity contribution in [3.05, 3.63) is 34.4 Å². The summed E-state index contributed by atoms with van der Waals surface area (Å²) < 4.78 is 6.36. The van der Waals surface area contributed by atoms with Crippen LogP contribution in [0.4, 0.5) is 5.69 Å². The second-order valence-corrected chi connectivity index (χ2v) is 5.36. The highest BCUT2D eigenvalue weighted by molar-refractivity contribution is 9.10. The van der Waals surface area contributed by atoms with Gasteiger partial charge in [0, 0.05) is 29.1 Å². The van der Waals surface area contributed by atoms with Crippen molar-refractivity contribution in [2.75, 3.05) is 31.2 Å². The van der Waals surface area contributed by atoms with Crippen molar-refractivity contribution in [1.29, 1.82) is 0 Å². The Hall–Kier alpha value is -1.46. The van der Waals surface area contributed by atoms with Gasteiger partial charge in [0.15, 0.2) is 6.29 Å². The minimum Gasteiger partial charge on any atom is -0.378 e. The second kappa shape index (κ2) is 5.27. The molecule has 1 aliphatic rings. The van der Waals surface area contributed by atoms with Crippen molar-refractivity contribution in [3.63, 3.8) is 0 Å². The van der Waals surface area contributed by atoms with Crippen LogP contribution in [0.15, 0.2) is 28.9 Å². The lowest BCUT2D eigenvalue weighted by Crippen LogP contribution is -2.37. The number of anilines is 1. The average Bonchev–Trinajstić information content (AvgIpc) is 2.46. The minimum absolute atomic E-state index is 0.632. The molecule has 2 heterocycles. The SMILES string of the molecule is O=Cc1cnc2ccc(Br)cc2c1N1CCOCC1. The van der Waals surface area contributed by atoms with Gasteiger partial charge in [-0.05, 0) is 18.2 Å². The number of carbonyl (C=O) groups excluding carboxylic acids is 1. The van der Waals surface area contributed by atoms with Crippen LogP contribution in [0.3, 0.4) is 0 Å². The topological polar surface area (TPSA) is 42.4 Å². The third-order valence-corrected chi connectivity index (χ3v) is 3.78. The number of benzene rings is 1. The van der Waals surface area contributed by atoms with Crippen molar-refractivity contribution in [3.8, 4) is 0 Å². The highest BCUT2D eigenvalue weighted by Crippen LogP contribution is 2.31. The molecule has 0 N–H and O–H groups in total. The van der Waals surface area contributed by atoms with Crippen LogP contribution in [0.1, 0.15) is 10.4 Å². The summed E-state index contributed by atoms with van der Waals surface area (Å²) in [5, 5.41) is 1.00. The summed E-state index contributed by atoms with van der Waals surface area (Å²) in [4.78, 5) is 17.8. The number of pyridine rings is 1. The van der Waals surface area contributed by atoms with Crippen molar-refractivity contribution < 1.29 is 9.53 Å². The summed E-state index contributed by atoms with van der Waals surface area (Å²) in [7, 11) is 0. The molecule has 1 fully saturated rings. The van der Waals surface area contributed by atoms with Crippen LogP contribution in [0.25, 0.3) is 10.9 Å². The third kappa shape index (κ3) is 2.35. The summed E-state index contributed by atoms with van der Waals surface area (Å²) in [6, 6.07) is 5.93. The average molecular weight is 321 g/mol. The van der Waals surface area contributed by atoms with Crippen LogP contribution in [0.5, 0.6) is 0 Å². The van der Waals surface area contributed by atoms with Gasteiger partial charge in [-0.1, -0.05) is 15.9 Å². The maximum Gasteiger partial charge on any atom is 0.153 e. The predicted molar refractivity (Wildman–Crippen MR) is 77.9 cm³/mol. The highest BCUT2D eigenvalue weighted by Gasteiger charge is 2.18. The zero-order valence-electron chi connectivity index (χ0n) is 10.3. The number of morpholine rings is 1. The Balaban J connectivity index is 2.22. The van der Waals surface area contributed by atoms with E-state index in [1.54, 1.807) is 6.20 Å². The molecule has 2 aromatic rings. The van der Waals surface area contributed by atoms with Gasteiger partial charge < -0.3 is 9.64 Å². The lowest BCUT2D eigenvalue weighted by molar-refractivity contribution is 0.111. The molecule has 4 nitrogen and oxygen atoms in total. The minimum atomic E-state index is 0.632. The first kappa shape index (κ1) is 12.6. The van der Waals surface area contributed by atoms with Gasteiger partial charge in [-0.15, -0.1) is 0 Å². The van der Waals surface area contributed by atoms with Gasteiger partial charge in [-0.2, -0.15) is 0 Å². The maximum absolute atomic E-state index is 11.3. The first-order chi connectivity index (χ1) is 9.29. The van der Waals surface area contributed by atoms with Gasteiger partial charge in [0.1, 0.15) is 0 Å². The number of carbonyl (C=O) groups is 1. The normalized spacial score (nSPS) is 15.7. The number of hydrogen-bond acceptors (Lipinski definition) is 4. The number of aldehydes is 1. The number of halogens is 1. The number of fused-ring (bicyclic) bond motifs is 1. The lowest BCUT2D eigenvalue weighted by atomic mass is 10.1. The van der Waals surface area contributed by atoms with Gasteiger partial charge in [-0.3, -0.25) is 9.78 Å². The fourth-order valence-corrected chi connectivity index (χ4v) is 2.75. The van der Waals surface area contributed by atoms with Crippen LogP contribution in [-0.2, 0) is 4.74 Å². The summed E-state index contributed by atoms with van der Waals surface area (Å²) >= 11 is 3.48. The van der Waals surface area contributed by atoms with E-state index in [-0.39, 0.29) is 0 Å². The summed E-state index contributed by atoms with van der Waals surface area (Å²) in [5.41, 5.74) is 2.49. The van der Waals surface area contributed by atoms with E-state index in [4.69, 9.17) is 4.74 Å². The van der Waals surface area contributed by atoms with Crippen molar-refractivity contribution >= 4 is 38.8 Å². The van der Waals surface area contributed by atoms with Gasteiger partial charge in [0.25, 0.3) is 0 Å². The molecular weight excluding hydrogens is 308 g/mol. The third-order valence-electron chi connectivity index (χ3n) is 3.28. The van der Waals surface area contributed by atoms with E-state index in [1.807, 2.05) is 18.2 Å². The smallest absolute Gasteiger partial charge is 0.153 e. The van der Waals surface area contributed by atoms with Gasteiger partial charge in [-0.25, -0.2) is 0 Å². The van der Waals surface area contributed by atoms with Gasteiger partial charge in [0.05, 0.1) is 30.0 Å². The quantitative estimate of drug-likeness (QED) is 0.798. The molecule has 0 bridgehead atoms. The van der Waals surface area contributed by atoms with Crippen LogP contribution >= 0.6 is 15.9 Å². The summed E-state index contributed by atoms with van der Waals surface area (Å²) in [6.45, 7) is 2.98. The van der Waals surface area contributed by atoms with Crippen LogP contribution in [0, 0.1) is 0 Å².